The predicted octanol–water partition coefficient (Wildman–Crippen LogP) is 4.03. The largest absolute Gasteiger partial charge is 0.376 e. The molecule has 0 fully saturated rings. The van der Waals surface area contributed by atoms with Gasteiger partial charge in [-0.3, -0.25) is 9.59 Å². The summed E-state index contributed by atoms with van der Waals surface area (Å²) in [5.74, 6) is -0.357. The van der Waals surface area contributed by atoms with Gasteiger partial charge in [-0.05, 0) is 57.2 Å². The first kappa shape index (κ1) is 19.0. The maximum absolute atomic E-state index is 12.2. The van der Waals surface area contributed by atoms with Crippen molar-refractivity contribution in [3.8, 4) is 0 Å². The van der Waals surface area contributed by atoms with Gasteiger partial charge < -0.3 is 16.0 Å². The normalized spacial score (nSPS) is 10.9. The van der Waals surface area contributed by atoms with Gasteiger partial charge in [0.15, 0.2) is 0 Å². The van der Waals surface area contributed by atoms with Crippen LogP contribution < -0.4 is 16.0 Å². The summed E-state index contributed by atoms with van der Waals surface area (Å²) in [5.41, 5.74) is 1.63. The third kappa shape index (κ3) is 6.58. The molecule has 0 bridgehead atoms. The van der Waals surface area contributed by atoms with E-state index in [-0.39, 0.29) is 23.9 Å². The number of carbonyl (C=O) groups excluding carboxylic acids is 2. The number of benzene rings is 2. The van der Waals surface area contributed by atoms with Gasteiger partial charge in [0.25, 0.3) is 5.91 Å². The number of amides is 2. The van der Waals surface area contributed by atoms with Gasteiger partial charge in [-0.2, -0.15) is 0 Å². The van der Waals surface area contributed by atoms with Crippen molar-refractivity contribution < 1.29 is 9.59 Å². The second-order valence-corrected chi connectivity index (χ2v) is 7.61. The van der Waals surface area contributed by atoms with Crippen LogP contribution in [0.2, 0.25) is 0 Å². The fourth-order valence-electron chi connectivity index (χ4n) is 2.14. The summed E-state index contributed by atoms with van der Waals surface area (Å²) >= 11 is 3.39. The van der Waals surface area contributed by atoms with E-state index in [1.54, 1.807) is 24.3 Å². The van der Waals surface area contributed by atoms with Crippen molar-refractivity contribution in [3.05, 3.63) is 58.6 Å². The molecule has 0 aliphatic rings. The van der Waals surface area contributed by atoms with Gasteiger partial charge in [-0.25, -0.2) is 0 Å². The SMILES string of the molecule is CC(C)(C)NC(=O)c1cccc(NC(=O)CNc2cccc(Br)c2)c1. The second kappa shape index (κ2) is 8.16. The summed E-state index contributed by atoms with van der Waals surface area (Å²) in [6.07, 6.45) is 0. The maximum atomic E-state index is 12.2. The summed E-state index contributed by atoms with van der Waals surface area (Å²) in [6, 6.07) is 14.5. The molecule has 0 aromatic heterocycles. The zero-order chi connectivity index (χ0) is 18.4. The Hall–Kier alpha value is -2.34. The molecule has 0 heterocycles. The minimum Gasteiger partial charge on any atom is -0.376 e. The van der Waals surface area contributed by atoms with E-state index in [1.165, 1.54) is 0 Å². The standard InChI is InChI=1S/C19H22BrN3O2/c1-19(2,3)23-18(25)13-6-4-9-16(10-13)22-17(24)12-21-15-8-5-7-14(20)11-15/h4-11,21H,12H2,1-3H3,(H,22,24)(H,23,25). The Balaban J connectivity index is 1.94. The molecule has 0 unspecified atom stereocenters. The van der Waals surface area contributed by atoms with Gasteiger partial charge in [-0.15, -0.1) is 0 Å². The van der Waals surface area contributed by atoms with Gasteiger partial charge in [0.05, 0.1) is 6.54 Å². The number of rotatable bonds is 5. The molecule has 3 N–H and O–H groups in total. The molecule has 6 heteroatoms. The van der Waals surface area contributed by atoms with Crippen LogP contribution in [0.25, 0.3) is 0 Å². The molecule has 0 radical (unpaired) electrons. The summed E-state index contributed by atoms with van der Waals surface area (Å²) in [5, 5.41) is 8.74. The highest BCUT2D eigenvalue weighted by molar-refractivity contribution is 9.10. The Morgan fingerprint density at radius 1 is 1.00 bits per heavy atom. The number of anilines is 2. The Morgan fingerprint density at radius 2 is 1.68 bits per heavy atom. The number of halogens is 1. The third-order valence-electron chi connectivity index (χ3n) is 3.17. The van der Waals surface area contributed by atoms with Crippen molar-refractivity contribution in [1.82, 2.24) is 5.32 Å². The molecular formula is C19H22BrN3O2. The van der Waals surface area contributed by atoms with E-state index in [1.807, 2.05) is 45.0 Å². The van der Waals surface area contributed by atoms with E-state index in [4.69, 9.17) is 0 Å². The van der Waals surface area contributed by atoms with Crippen LogP contribution in [0.1, 0.15) is 31.1 Å². The lowest BCUT2D eigenvalue weighted by atomic mass is 10.1. The molecule has 2 aromatic carbocycles. The van der Waals surface area contributed by atoms with Gasteiger partial charge >= 0.3 is 0 Å². The van der Waals surface area contributed by atoms with Crippen molar-refractivity contribution in [2.75, 3.05) is 17.2 Å². The van der Waals surface area contributed by atoms with Gasteiger partial charge in [-0.1, -0.05) is 28.1 Å². The molecule has 5 nitrogen and oxygen atoms in total. The average Bonchev–Trinajstić information content (AvgIpc) is 2.52. The van der Waals surface area contributed by atoms with Crippen molar-refractivity contribution in [2.45, 2.75) is 26.3 Å². The van der Waals surface area contributed by atoms with Crippen LogP contribution in [-0.4, -0.2) is 23.9 Å². The summed E-state index contributed by atoms with van der Waals surface area (Å²) in [7, 11) is 0. The third-order valence-corrected chi connectivity index (χ3v) is 3.67. The number of hydrogen-bond acceptors (Lipinski definition) is 3. The Morgan fingerprint density at radius 3 is 2.36 bits per heavy atom. The highest BCUT2D eigenvalue weighted by Crippen LogP contribution is 2.16. The van der Waals surface area contributed by atoms with Crippen LogP contribution in [0.5, 0.6) is 0 Å². The minimum absolute atomic E-state index is 0.134. The highest BCUT2D eigenvalue weighted by Gasteiger charge is 2.15. The van der Waals surface area contributed by atoms with E-state index in [0.29, 0.717) is 11.3 Å². The summed E-state index contributed by atoms with van der Waals surface area (Å²) < 4.78 is 0.940. The molecule has 2 rings (SSSR count). The minimum atomic E-state index is -0.315. The number of nitrogens with one attached hydrogen (secondary N) is 3. The summed E-state index contributed by atoms with van der Waals surface area (Å²) in [4.78, 5) is 24.3. The van der Waals surface area contributed by atoms with E-state index >= 15 is 0 Å². The van der Waals surface area contributed by atoms with Crippen LogP contribution in [0.4, 0.5) is 11.4 Å². The first-order valence-electron chi connectivity index (χ1n) is 7.95. The lowest BCUT2D eigenvalue weighted by Crippen LogP contribution is -2.40. The Labute approximate surface area is 156 Å². The summed E-state index contributed by atoms with van der Waals surface area (Å²) in [6.45, 7) is 5.90. The van der Waals surface area contributed by atoms with Crippen molar-refractivity contribution >= 4 is 39.1 Å². The molecule has 132 valence electrons. The zero-order valence-corrected chi connectivity index (χ0v) is 16.1. The lowest BCUT2D eigenvalue weighted by molar-refractivity contribution is -0.114. The number of carbonyl (C=O) groups is 2. The molecular weight excluding hydrogens is 382 g/mol. The quantitative estimate of drug-likeness (QED) is 0.705. The fraction of sp³-hybridized carbons (Fsp3) is 0.263. The molecule has 0 aliphatic heterocycles. The van der Waals surface area contributed by atoms with Crippen LogP contribution in [-0.2, 0) is 4.79 Å². The predicted molar refractivity (Wildman–Crippen MR) is 105 cm³/mol. The van der Waals surface area contributed by atoms with Crippen molar-refractivity contribution in [2.24, 2.45) is 0 Å². The van der Waals surface area contributed by atoms with Gasteiger partial charge in [0, 0.05) is 26.9 Å². The number of hydrogen-bond donors (Lipinski definition) is 3. The molecule has 0 saturated heterocycles. The molecule has 2 amide bonds. The topological polar surface area (TPSA) is 70.2 Å². The van der Waals surface area contributed by atoms with E-state index < -0.39 is 0 Å². The maximum Gasteiger partial charge on any atom is 0.251 e. The zero-order valence-electron chi connectivity index (χ0n) is 14.5. The molecule has 25 heavy (non-hydrogen) atoms. The van der Waals surface area contributed by atoms with Crippen molar-refractivity contribution in [1.29, 1.82) is 0 Å². The van der Waals surface area contributed by atoms with E-state index in [2.05, 4.69) is 31.9 Å². The first-order chi connectivity index (χ1) is 11.7. The van der Waals surface area contributed by atoms with E-state index in [0.717, 1.165) is 10.2 Å². The molecule has 2 aromatic rings. The fourth-order valence-corrected chi connectivity index (χ4v) is 2.54. The van der Waals surface area contributed by atoms with Crippen LogP contribution in [0.3, 0.4) is 0 Å². The van der Waals surface area contributed by atoms with Crippen molar-refractivity contribution in [3.63, 3.8) is 0 Å². The van der Waals surface area contributed by atoms with Crippen LogP contribution in [0, 0.1) is 0 Å². The van der Waals surface area contributed by atoms with Crippen LogP contribution in [0.15, 0.2) is 53.0 Å². The lowest BCUT2D eigenvalue weighted by Gasteiger charge is -2.20. The highest BCUT2D eigenvalue weighted by atomic mass is 79.9. The molecule has 0 spiro atoms. The molecule has 0 aliphatic carbocycles. The van der Waals surface area contributed by atoms with Gasteiger partial charge in [0.2, 0.25) is 5.91 Å². The van der Waals surface area contributed by atoms with E-state index in [9.17, 15) is 9.59 Å². The Bertz CT molecular complexity index is 769. The smallest absolute Gasteiger partial charge is 0.251 e. The Kier molecular flexibility index (Phi) is 6.20. The van der Waals surface area contributed by atoms with Crippen LogP contribution >= 0.6 is 15.9 Å². The second-order valence-electron chi connectivity index (χ2n) is 6.70. The molecule has 0 atom stereocenters. The first-order valence-corrected chi connectivity index (χ1v) is 8.74. The monoisotopic (exact) mass is 403 g/mol. The van der Waals surface area contributed by atoms with Gasteiger partial charge in [0.1, 0.15) is 0 Å². The molecule has 0 saturated carbocycles. The average molecular weight is 404 g/mol.